The van der Waals surface area contributed by atoms with Gasteiger partial charge in [0, 0.05) is 8.80 Å². The molecule has 0 radical (unpaired) electrons. The Morgan fingerprint density at radius 2 is 1.22 bits per heavy atom. The molecular weight excluding hydrogens is 232 g/mol. The third kappa shape index (κ3) is 2.47. The Morgan fingerprint density at radius 3 is 1.44 bits per heavy atom. The zero-order valence-electron chi connectivity index (χ0n) is 12.7. The van der Waals surface area contributed by atoms with Crippen LogP contribution in [0.4, 0.5) is 0 Å². The monoisotopic (exact) mass is 258 g/mol. The molecule has 0 aromatic heterocycles. The highest BCUT2D eigenvalue weighted by molar-refractivity contribution is 6.59. The summed E-state index contributed by atoms with van der Waals surface area (Å²) in [5, 5.41) is 0. The zero-order chi connectivity index (χ0) is 13.4. The van der Waals surface area contributed by atoms with Crippen LogP contribution < -0.4 is 0 Å². The second-order valence-electron chi connectivity index (χ2n) is 6.47. The average molecular weight is 258 g/mol. The minimum absolute atomic E-state index is 0.706. The SMILES string of the molecule is CC1=CC(C)=C(C(C2=C(C)C=C(C)C2)[SiH](C)C)C1. The number of hydrogen-bond acceptors (Lipinski definition) is 0. The topological polar surface area (TPSA) is 0 Å². The maximum atomic E-state index is 2.51. The van der Waals surface area contributed by atoms with Gasteiger partial charge in [0.2, 0.25) is 0 Å². The first kappa shape index (κ1) is 13.6. The molecule has 0 N–H and O–H groups in total. The van der Waals surface area contributed by atoms with Gasteiger partial charge in [-0.1, -0.05) is 58.7 Å². The van der Waals surface area contributed by atoms with E-state index in [9.17, 15) is 0 Å². The normalized spacial score (nSPS) is 20.4. The van der Waals surface area contributed by atoms with Crippen molar-refractivity contribution in [1.82, 2.24) is 0 Å². The Labute approximate surface area is 114 Å². The zero-order valence-corrected chi connectivity index (χ0v) is 13.9. The fraction of sp³-hybridized carbons (Fsp3) is 0.529. The lowest BCUT2D eigenvalue weighted by Crippen LogP contribution is -2.17. The first-order valence-electron chi connectivity index (χ1n) is 7.13. The second kappa shape index (κ2) is 5.04. The molecule has 0 spiro atoms. The number of rotatable bonds is 3. The molecule has 2 aliphatic carbocycles. The quantitative estimate of drug-likeness (QED) is 0.612. The van der Waals surface area contributed by atoms with Crippen molar-refractivity contribution in [3.8, 4) is 0 Å². The predicted molar refractivity (Wildman–Crippen MR) is 84.8 cm³/mol. The highest BCUT2D eigenvalue weighted by Gasteiger charge is 2.29. The van der Waals surface area contributed by atoms with Crippen molar-refractivity contribution in [3.05, 3.63) is 45.6 Å². The molecule has 0 aliphatic heterocycles. The molecule has 0 unspecified atom stereocenters. The van der Waals surface area contributed by atoms with Gasteiger partial charge in [0.15, 0.2) is 0 Å². The molecule has 98 valence electrons. The van der Waals surface area contributed by atoms with Crippen molar-refractivity contribution in [1.29, 1.82) is 0 Å². The Kier molecular flexibility index (Phi) is 3.81. The van der Waals surface area contributed by atoms with Crippen molar-refractivity contribution in [2.24, 2.45) is 0 Å². The van der Waals surface area contributed by atoms with E-state index in [1.807, 2.05) is 0 Å². The molecule has 0 aromatic carbocycles. The van der Waals surface area contributed by atoms with Crippen LogP contribution >= 0.6 is 0 Å². The first-order valence-corrected chi connectivity index (χ1v) is 10.1. The van der Waals surface area contributed by atoms with Gasteiger partial charge < -0.3 is 0 Å². The van der Waals surface area contributed by atoms with E-state index in [2.05, 4.69) is 52.9 Å². The van der Waals surface area contributed by atoms with Crippen LogP contribution in [0.3, 0.4) is 0 Å². The summed E-state index contributed by atoms with van der Waals surface area (Å²) >= 11 is 0. The molecule has 0 bridgehead atoms. The Bertz CT molecular complexity index is 442. The summed E-state index contributed by atoms with van der Waals surface area (Å²) in [6, 6.07) is 0. The van der Waals surface area contributed by atoms with Gasteiger partial charge in [-0.3, -0.25) is 0 Å². The second-order valence-corrected chi connectivity index (χ2v) is 9.63. The Balaban J connectivity index is 2.33. The molecule has 1 heteroatoms. The lowest BCUT2D eigenvalue weighted by molar-refractivity contribution is 0.943. The molecule has 0 aromatic rings. The summed E-state index contributed by atoms with van der Waals surface area (Å²) in [6.07, 6.45) is 7.23. The highest BCUT2D eigenvalue weighted by Crippen LogP contribution is 2.45. The van der Waals surface area contributed by atoms with Gasteiger partial charge in [-0.2, -0.15) is 0 Å². The fourth-order valence-electron chi connectivity index (χ4n) is 3.63. The largest absolute Gasteiger partial charge is 0.0714 e. The molecule has 0 amide bonds. The lowest BCUT2D eigenvalue weighted by atomic mass is 9.96. The lowest BCUT2D eigenvalue weighted by Gasteiger charge is -2.26. The molecule has 2 aliphatic rings. The van der Waals surface area contributed by atoms with E-state index in [4.69, 9.17) is 0 Å². The van der Waals surface area contributed by atoms with Crippen molar-refractivity contribution in [2.75, 3.05) is 0 Å². The Morgan fingerprint density at radius 1 is 0.833 bits per heavy atom. The van der Waals surface area contributed by atoms with Crippen LogP contribution in [-0.4, -0.2) is 8.80 Å². The minimum Gasteiger partial charge on any atom is -0.0714 e. The maximum Gasteiger partial charge on any atom is 0.0435 e. The van der Waals surface area contributed by atoms with Crippen LogP contribution in [-0.2, 0) is 0 Å². The summed E-state index contributed by atoms with van der Waals surface area (Å²) in [5.41, 5.74) is 10.4. The summed E-state index contributed by atoms with van der Waals surface area (Å²) in [5.74, 6) is 0. The van der Waals surface area contributed by atoms with Crippen LogP contribution in [0.5, 0.6) is 0 Å². The summed E-state index contributed by atoms with van der Waals surface area (Å²) < 4.78 is 0. The van der Waals surface area contributed by atoms with E-state index < -0.39 is 8.80 Å². The van der Waals surface area contributed by atoms with Gasteiger partial charge >= 0.3 is 0 Å². The molecular formula is C17H26Si. The smallest absolute Gasteiger partial charge is 0.0435 e. The van der Waals surface area contributed by atoms with Crippen molar-refractivity contribution >= 4 is 8.80 Å². The number of allylic oxidation sites excluding steroid dienone is 8. The van der Waals surface area contributed by atoms with Crippen LogP contribution in [0.25, 0.3) is 0 Å². The van der Waals surface area contributed by atoms with Gasteiger partial charge in [0.25, 0.3) is 0 Å². The molecule has 0 atom stereocenters. The molecule has 0 heterocycles. The highest BCUT2D eigenvalue weighted by atomic mass is 28.3. The summed E-state index contributed by atoms with van der Waals surface area (Å²) in [7, 11) is -0.706. The summed E-state index contributed by atoms with van der Waals surface area (Å²) in [4.78, 5) is 0. The number of hydrogen-bond donors (Lipinski definition) is 0. The minimum atomic E-state index is -0.706. The van der Waals surface area contributed by atoms with Crippen LogP contribution in [0.15, 0.2) is 45.6 Å². The first-order chi connectivity index (χ1) is 8.40. The summed E-state index contributed by atoms with van der Waals surface area (Å²) in [6.45, 7) is 14.2. The van der Waals surface area contributed by atoms with E-state index in [0.717, 1.165) is 5.54 Å². The average Bonchev–Trinajstić information content (AvgIpc) is 2.71. The molecule has 18 heavy (non-hydrogen) atoms. The van der Waals surface area contributed by atoms with Crippen molar-refractivity contribution < 1.29 is 0 Å². The van der Waals surface area contributed by atoms with Gasteiger partial charge in [-0.25, -0.2) is 0 Å². The van der Waals surface area contributed by atoms with Crippen LogP contribution in [0.1, 0.15) is 40.5 Å². The van der Waals surface area contributed by atoms with E-state index in [1.165, 1.54) is 12.8 Å². The third-order valence-electron chi connectivity index (χ3n) is 4.29. The van der Waals surface area contributed by atoms with E-state index >= 15 is 0 Å². The molecule has 0 nitrogen and oxygen atoms in total. The molecule has 2 rings (SSSR count). The van der Waals surface area contributed by atoms with E-state index in [1.54, 1.807) is 33.4 Å². The Hall–Kier alpha value is -0.823. The van der Waals surface area contributed by atoms with Gasteiger partial charge in [-0.15, -0.1) is 0 Å². The standard InChI is InChI=1S/C17H26Si/c1-11-7-13(3)15(9-11)17(18(5)6)16-10-12(2)8-14(16)4/h7-8,17-18H,9-10H2,1-6H3. The molecule has 0 fully saturated rings. The van der Waals surface area contributed by atoms with Crippen molar-refractivity contribution in [2.45, 2.75) is 59.2 Å². The fourth-order valence-corrected chi connectivity index (χ4v) is 6.00. The van der Waals surface area contributed by atoms with E-state index in [0.29, 0.717) is 0 Å². The molecule has 0 saturated heterocycles. The van der Waals surface area contributed by atoms with Gasteiger partial charge in [0.1, 0.15) is 0 Å². The van der Waals surface area contributed by atoms with Crippen molar-refractivity contribution in [3.63, 3.8) is 0 Å². The third-order valence-corrected chi connectivity index (χ3v) is 6.43. The molecule has 0 saturated carbocycles. The van der Waals surface area contributed by atoms with Crippen LogP contribution in [0.2, 0.25) is 18.6 Å². The van der Waals surface area contributed by atoms with E-state index in [-0.39, 0.29) is 0 Å². The van der Waals surface area contributed by atoms with Gasteiger partial charge in [0.05, 0.1) is 0 Å². The van der Waals surface area contributed by atoms with Crippen LogP contribution in [0, 0.1) is 0 Å². The predicted octanol–water partition coefficient (Wildman–Crippen LogP) is 5.18. The maximum absolute atomic E-state index is 2.51. The van der Waals surface area contributed by atoms with Gasteiger partial charge in [-0.05, 0) is 46.1 Å².